The first-order valence-corrected chi connectivity index (χ1v) is 9.55. The van der Waals surface area contributed by atoms with Gasteiger partial charge in [-0.05, 0) is 45.8 Å². The van der Waals surface area contributed by atoms with Crippen LogP contribution >= 0.6 is 0 Å². The van der Waals surface area contributed by atoms with Gasteiger partial charge in [0.1, 0.15) is 5.54 Å². The summed E-state index contributed by atoms with van der Waals surface area (Å²) in [6, 6.07) is 1.12. The van der Waals surface area contributed by atoms with Crippen LogP contribution in [0.3, 0.4) is 0 Å². The lowest BCUT2D eigenvalue weighted by Crippen LogP contribution is -2.42. The van der Waals surface area contributed by atoms with E-state index >= 15 is 0 Å². The lowest BCUT2D eigenvalue weighted by atomic mass is 10.0. The van der Waals surface area contributed by atoms with Crippen molar-refractivity contribution in [1.82, 2.24) is 9.47 Å². The highest BCUT2D eigenvalue weighted by atomic mass is 19.4. The molecule has 158 valence electrons. The molecule has 6 nitrogen and oxygen atoms in total. The number of halogens is 3. The first kappa shape index (κ1) is 22.3. The van der Waals surface area contributed by atoms with Crippen LogP contribution in [0, 0.1) is 0 Å². The molecule has 2 fully saturated rings. The molecule has 9 heteroatoms. The number of alkyl halides is 3. The average molecular weight is 403 g/mol. The molecule has 1 saturated heterocycles. The lowest BCUT2D eigenvalue weighted by molar-refractivity contribution is -0.180. The molecular formula is C19H28F3N3O3. The number of pyridine rings is 1. The van der Waals surface area contributed by atoms with Gasteiger partial charge in [0.05, 0.1) is 18.4 Å². The van der Waals surface area contributed by atoms with E-state index in [0.717, 1.165) is 45.3 Å². The number of aromatic nitrogens is 1. The Bertz CT molecular complexity index is 749. The summed E-state index contributed by atoms with van der Waals surface area (Å²) >= 11 is 0. The SMILES string of the molecule is CC.COC(=O)c1cn(C2(C(F)(F)F)CC2)c(=O)cc1NC1CCN(C)CC1. The zero-order valence-electron chi connectivity index (χ0n) is 16.7. The third-order valence-electron chi connectivity index (χ3n) is 5.25. The van der Waals surface area contributed by atoms with E-state index in [9.17, 15) is 22.8 Å². The lowest BCUT2D eigenvalue weighted by Gasteiger charge is -2.31. The fourth-order valence-electron chi connectivity index (χ4n) is 3.41. The van der Waals surface area contributed by atoms with Gasteiger partial charge in [-0.1, -0.05) is 13.8 Å². The summed E-state index contributed by atoms with van der Waals surface area (Å²) in [5, 5.41) is 3.14. The molecule has 1 aromatic heterocycles. The number of hydrogen-bond donors (Lipinski definition) is 1. The number of esters is 1. The van der Waals surface area contributed by atoms with E-state index in [1.54, 1.807) is 0 Å². The standard InChI is InChI=1S/C17H22F3N3O3.C2H6/c1-22-7-3-11(4-8-22)21-13-9-14(24)23(10-12(13)15(25)26-2)16(5-6-16)17(18,19)20;1-2/h9-11,21H,3-8H2,1-2H3;1-2H3. The van der Waals surface area contributed by atoms with E-state index < -0.39 is 23.2 Å². The van der Waals surface area contributed by atoms with Crippen molar-refractivity contribution in [3.05, 3.63) is 28.2 Å². The van der Waals surface area contributed by atoms with E-state index in [-0.39, 0.29) is 30.1 Å². The molecule has 28 heavy (non-hydrogen) atoms. The van der Waals surface area contributed by atoms with Crippen molar-refractivity contribution in [3.8, 4) is 0 Å². The predicted octanol–water partition coefficient (Wildman–Crippen LogP) is 3.22. The molecule has 0 radical (unpaired) electrons. The van der Waals surface area contributed by atoms with Crippen LogP contribution in [0.25, 0.3) is 0 Å². The van der Waals surface area contributed by atoms with Crippen LogP contribution in [-0.2, 0) is 10.3 Å². The Morgan fingerprint density at radius 3 is 2.29 bits per heavy atom. The zero-order valence-corrected chi connectivity index (χ0v) is 16.7. The summed E-state index contributed by atoms with van der Waals surface area (Å²) in [6.07, 6.45) is -2.27. The minimum absolute atomic E-state index is 0.0438. The summed E-state index contributed by atoms with van der Waals surface area (Å²) in [4.78, 5) is 26.7. The van der Waals surface area contributed by atoms with Crippen molar-refractivity contribution in [1.29, 1.82) is 0 Å². The first-order valence-electron chi connectivity index (χ1n) is 9.55. The van der Waals surface area contributed by atoms with Gasteiger partial charge in [0.25, 0.3) is 5.56 Å². The van der Waals surface area contributed by atoms with Crippen LogP contribution < -0.4 is 10.9 Å². The van der Waals surface area contributed by atoms with Crippen molar-refractivity contribution in [2.45, 2.75) is 57.3 Å². The molecule has 3 rings (SSSR count). The van der Waals surface area contributed by atoms with Gasteiger partial charge in [0, 0.05) is 18.3 Å². The molecule has 1 aromatic rings. The molecular weight excluding hydrogens is 375 g/mol. The summed E-state index contributed by atoms with van der Waals surface area (Å²) in [7, 11) is 3.16. The number of ether oxygens (including phenoxy) is 1. The number of nitrogens with zero attached hydrogens (tertiary/aromatic N) is 2. The number of hydrogen-bond acceptors (Lipinski definition) is 5. The number of piperidine rings is 1. The molecule has 0 amide bonds. The second-order valence-corrected chi connectivity index (χ2v) is 7.05. The van der Waals surface area contributed by atoms with Crippen molar-refractivity contribution in [3.63, 3.8) is 0 Å². The fraction of sp³-hybridized carbons (Fsp3) is 0.684. The second-order valence-electron chi connectivity index (χ2n) is 7.05. The van der Waals surface area contributed by atoms with E-state index in [1.807, 2.05) is 20.9 Å². The Balaban J connectivity index is 0.00000136. The Kier molecular flexibility index (Phi) is 6.80. The van der Waals surface area contributed by atoms with E-state index in [0.29, 0.717) is 4.57 Å². The molecule has 2 heterocycles. The molecule has 2 aliphatic rings. The Labute approximate surface area is 162 Å². The number of rotatable bonds is 4. The van der Waals surface area contributed by atoms with Crippen molar-refractivity contribution >= 4 is 11.7 Å². The summed E-state index contributed by atoms with van der Waals surface area (Å²) in [5.41, 5.74) is -2.81. The highest BCUT2D eigenvalue weighted by Gasteiger charge is 2.65. The first-order chi connectivity index (χ1) is 13.2. The van der Waals surface area contributed by atoms with Crippen LogP contribution in [0.4, 0.5) is 18.9 Å². The number of carbonyl (C=O) groups is 1. The van der Waals surface area contributed by atoms with Crippen molar-refractivity contribution in [2.24, 2.45) is 0 Å². The van der Waals surface area contributed by atoms with Crippen molar-refractivity contribution in [2.75, 3.05) is 32.6 Å². The predicted molar refractivity (Wildman–Crippen MR) is 101 cm³/mol. The van der Waals surface area contributed by atoms with E-state index in [2.05, 4.69) is 10.2 Å². The maximum Gasteiger partial charge on any atom is 0.412 e. The molecule has 0 aromatic carbocycles. The average Bonchev–Trinajstić information content (AvgIpc) is 3.46. The number of nitrogens with one attached hydrogen (secondary N) is 1. The van der Waals surface area contributed by atoms with Gasteiger partial charge < -0.3 is 15.0 Å². The molecule has 1 saturated carbocycles. The maximum absolute atomic E-state index is 13.4. The van der Waals surface area contributed by atoms with Crippen LogP contribution in [0.15, 0.2) is 17.1 Å². The highest BCUT2D eigenvalue weighted by Crippen LogP contribution is 2.54. The van der Waals surface area contributed by atoms with Gasteiger partial charge in [-0.25, -0.2) is 4.79 Å². The van der Waals surface area contributed by atoms with Crippen LogP contribution in [0.2, 0.25) is 0 Å². The minimum atomic E-state index is -4.55. The second kappa shape index (κ2) is 8.55. The Morgan fingerprint density at radius 2 is 1.82 bits per heavy atom. The number of anilines is 1. The van der Waals surface area contributed by atoms with Crippen LogP contribution in [-0.4, -0.2) is 54.9 Å². The van der Waals surface area contributed by atoms with Gasteiger partial charge in [-0.15, -0.1) is 0 Å². The quantitative estimate of drug-likeness (QED) is 0.783. The minimum Gasteiger partial charge on any atom is -0.465 e. The molecule has 0 spiro atoms. The van der Waals surface area contributed by atoms with E-state index in [4.69, 9.17) is 4.74 Å². The van der Waals surface area contributed by atoms with Gasteiger partial charge in [0.2, 0.25) is 0 Å². The van der Waals surface area contributed by atoms with Crippen LogP contribution in [0.5, 0.6) is 0 Å². The molecule has 1 N–H and O–H groups in total. The van der Waals surface area contributed by atoms with Gasteiger partial charge in [-0.3, -0.25) is 9.36 Å². The normalized spacial score (nSPS) is 19.4. The Hall–Kier alpha value is -2.03. The smallest absolute Gasteiger partial charge is 0.412 e. The largest absolute Gasteiger partial charge is 0.465 e. The van der Waals surface area contributed by atoms with Gasteiger partial charge in [0.15, 0.2) is 0 Å². The topological polar surface area (TPSA) is 63.6 Å². The fourth-order valence-corrected chi connectivity index (χ4v) is 3.41. The van der Waals surface area contributed by atoms with Gasteiger partial charge >= 0.3 is 12.1 Å². The third-order valence-corrected chi connectivity index (χ3v) is 5.25. The number of methoxy groups -OCH3 is 1. The van der Waals surface area contributed by atoms with Gasteiger partial charge in [-0.2, -0.15) is 13.2 Å². The van der Waals surface area contributed by atoms with E-state index in [1.165, 1.54) is 0 Å². The summed E-state index contributed by atoms with van der Waals surface area (Å²) in [6.45, 7) is 5.72. The molecule has 1 aliphatic heterocycles. The number of carbonyl (C=O) groups excluding carboxylic acids is 1. The summed E-state index contributed by atoms with van der Waals surface area (Å²) < 4.78 is 45.5. The Morgan fingerprint density at radius 1 is 1.25 bits per heavy atom. The monoisotopic (exact) mass is 403 g/mol. The maximum atomic E-state index is 13.4. The molecule has 1 aliphatic carbocycles. The highest BCUT2D eigenvalue weighted by molar-refractivity contribution is 5.95. The number of likely N-dealkylation sites (tertiary alicyclic amines) is 1. The third kappa shape index (κ3) is 4.34. The molecule has 0 unspecified atom stereocenters. The summed E-state index contributed by atoms with van der Waals surface area (Å²) in [5.74, 6) is -0.771. The van der Waals surface area contributed by atoms with Crippen LogP contribution in [0.1, 0.15) is 49.9 Å². The van der Waals surface area contributed by atoms with Crippen molar-refractivity contribution < 1.29 is 22.7 Å². The molecule has 0 atom stereocenters. The molecule has 0 bridgehead atoms. The zero-order chi connectivity index (χ0) is 21.1.